The fraction of sp³-hybridized carbons (Fsp3) is 0.364. The molecule has 0 radical (unpaired) electrons. The van der Waals surface area contributed by atoms with Gasteiger partial charge in [0.05, 0.1) is 30.7 Å². The third kappa shape index (κ3) is 5.40. The van der Waals surface area contributed by atoms with Crippen LogP contribution in [0.3, 0.4) is 0 Å². The van der Waals surface area contributed by atoms with E-state index in [1.165, 1.54) is 7.11 Å². The summed E-state index contributed by atoms with van der Waals surface area (Å²) < 4.78 is 15.7. The van der Waals surface area contributed by atoms with E-state index in [2.05, 4.69) is 10.2 Å². The molecule has 0 aromatic heterocycles. The van der Waals surface area contributed by atoms with E-state index in [4.69, 9.17) is 14.2 Å². The Morgan fingerprint density at radius 1 is 1.00 bits per heavy atom. The van der Waals surface area contributed by atoms with Gasteiger partial charge >= 0.3 is 5.97 Å². The zero-order valence-electron chi connectivity index (χ0n) is 16.8. The molecule has 1 N–H and O–H groups in total. The van der Waals surface area contributed by atoms with Crippen LogP contribution in [0.1, 0.15) is 30.1 Å². The highest BCUT2D eigenvalue weighted by atomic mass is 16.5. The molecule has 0 saturated carbocycles. The van der Waals surface area contributed by atoms with E-state index in [0.29, 0.717) is 23.6 Å². The molecule has 0 bridgehead atoms. The van der Waals surface area contributed by atoms with Crippen LogP contribution in [0.5, 0.6) is 11.5 Å². The van der Waals surface area contributed by atoms with Gasteiger partial charge in [0.1, 0.15) is 11.5 Å². The Hall–Kier alpha value is -3.22. The van der Waals surface area contributed by atoms with Crippen LogP contribution < -0.4 is 19.7 Å². The molecule has 1 fully saturated rings. The minimum Gasteiger partial charge on any atom is -0.494 e. The average Bonchev–Trinajstić information content (AvgIpc) is 3.27. The predicted octanol–water partition coefficient (Wildman–Crippen LogP) is 3.49. The van der Waals surface area contributed by atoms with Gasteiger partial charge in [-0.25, -0.2) is 4.79 Å². The van der Waals surface area contributed by atoms with Crippen LogP contribution in [0, 0.1) is 0 Å². The van der Waals surface area contributed by atoms with Gasteiger partial charge in [-0.15, -0.1) is 0 Å². The highest BCUT2D eigenvalue weighted by molar-refractivity contribution is 5.98. The average molecular weight is 398 g/mol. The monoisotopic (exact) mass is 398 g/mol. The van der Waals surface area contributed by atoms with Crippen LogP contribution in [-0.4, -0.2) is 45.3 Å². The van der Waals surface area contributed by atoms with Crippen LogP contribution in [0.15, 0.2) is 42.5 Å². The number of ether oxygens (including phenoxy) is 3. The molecule has 1 aliphatic rings. The zero-order chi connectivity index (χ0) is 20.6. The van der Waals surface area contributed by atoms with Crippen molar-refractivity contribution >= 4 is 23.3 Å². The number of hydrogen-bond donors (Lipinski definition) is 1. The Balaban J connectivity index is 1.68. The molecule has 2 aromatic carbocycles. The number of hydrogen-bond acceptors (Lipinski definition) is 6. The SMILES string of the molecule is CCOc1ccc(OCC(=O)Nc2cc(C(=O)OC)ccc2N2CCCC2)cc1. The topological polar surface area (TPSA) is 77.1 Å². The third-order valence-electron chi connectivity index (χ3n) is 4.64. The first-order valence-electron chi connectivity index (χ1n) is 9.73. The molecule has 2 aromatic rings. The van der Waals surface area contributed by atoms with E-state index in [-0.39, 0.29) is 12.5 Å². The van der Waals surface area contributed by atoms with Gasteiger partial charge in [-0.1, -0.05) is 0 Å². The Bertz CT molecular complexity index is 845. The molecule has 154 valence electrons. The molecule has 1 saturated heterocycles. The number of rotatable bonds is 8. The maximum absolute atomic E-state index is 12.5. The first-order valence-corrected chi connectivity index (χ1v) is 9.73. The number of nitrogens with zero attached hydrogens (tertiary/aromatic N) is 1. The molecular formula is C22H26N2O5. The number of esters is 1. The van der Waals surface area contributed by atoms with Gasteiger partial charge in [0.15, 0.2) is 6.61 Å². The standard InChI is InChI=1S/C22H26N2O5/c1-3-28-17-7-9-18(10-8-17)29-15-21(25)23-19-14-16(22(26)27-2)6-11-20(19)24-12-4-5-13-24/h6-11,14H,3-5,12-13,15H2,1-2H3,(H,23,25). The molecule has 1 heterocycles. The van der Waals surface area contributed by atoms with Crippen molar-refractivity contribution in [2.24, 2.45) is 0 Å². The highest BCUT2D eigenvalue weighted by Crippen LogP contribution is 2.30. The molecule has 0 aliphatic carbocycles. The van der Waals surface area contributed by atoms with E-state index >= 15 is 0 Å². The molecule has 1 amide bonds. The molecule has 29 heavy (non-hydrogen) atoms. The molecule has 7 heteroatoms. The molecule has 0 spiro atoms. The summed E-state index contributed by atoms with van der Waals surface area (Å²) in [6.45, 7) is 4.20. The maximum Gasteiger partial charge on any atom is 0.337 e. The van der Waals surface area contributed by atoms with Gasteiger partial charge in [-0.05, 0) is 62.2 Å². The maximum atomic E-state index is 12.5. The summed E-state index contributed by atoms with van der Waals surface area (Å²) in [5.41, 5.74) is 1.86. The van der Waals surface area contributed by atoms with Gasteiger partial charge in [-0.2, -0.15) is 0 Å². The molecular weight excluding hydrogens is 372 g/mol. The van der Waals surface area contributed by atoms with Crippen molar-refractivity contribution in [2.75, 3.05) is 43.6 Å². The minimum absolute atomic E-state index is 0.143. The van der Waals surface area contributed by atoms with Gasteiger partial charge in [0.2, 0.25) is 0 Å². The summed E-state index contributed by atoms with van der Waals surface area (Å²) in [5.74, 6) is 0.575. The molecule has 7 nitrogen and oxygen atoms in total. The lowest BCUT2D eigenvalue weighted by molar-refractivity contribution is -0.118. The number of nitrogens with one attached hydrogen (secondary N) is 1. The summed E-state index contributed by atoms with van der Waals surface area (Å²) in [6.07, 6.45) is 2.21. The number of methoxy groups -OCH3 is 1. The number of amides is 1. The van der Waals surface area contributed by atoms with Crippen molar-refractivity contribution in [3.63, 3.8) is 0 Å². The number of carbonyl (C=O) groups is 2. The van der Waals surface area contributed by atoms with E-state index in [0.717, 1.165) is 37.4 Å². The lowest BCUT2D eigenvalue weighted by Gasteiger charge is -2.22. The third-order valence-corrected chi connectivity index (χ3v) is 4.64. The number of benzene rings is 2. The van der Waals surface area contributed by atoms with Crippen molar-refractivity contribution in [2.45, 2.75) is 19.8 Å². The first-order chi connectivity index (χ1) is 14.1. The van der Waals surface area contributed by atoms with Gasteiger partial charge in [-0.3, -0.25) is 4.79 Å². The van der Waals surface area contributed by atoms with Crippen molar-refractivity contribution in [3.8, 4) is 11.5 Å². The lowest BCUT2D eigenvalue weighted by atomic mass is 10.1. The summed E-state index contributed by atoms with van der Waals surface area (Å²) >= 11 is 0. The highest BCUT2D eigenvalue weighted by Gasteiger charge is 2.19. The summed E-state index contributed by atoms with van der Waals surface area (Å²) in [5, 5.41) is 2.87. The lowest BCUT2D eigenvalue weighted by Crippen LogP contribution is -2.24. The van der Waals surface area contributed by atoms with Crippen molar-refractivity contribution < 1.29 is 23.8 Å². The fourth-order valence-electron chi connectivity index (χ4n) is 3.25. The summed E-state index contributed by atoms with van der Waals surface area (Å²) in [4.78, 5) is 26.6. The summed E-state index contributed by atoms with van der Waals surface area (Å²) in [6, 6.07) is 12.3. The van der Waals surface area contributed by atoms with Crippen molar-refractivity contribution in [1.82, 2.24) is 0 Å². The number of anilines is 2. The van der Waals surface area contributed by atoms with E-state index in [1.54, 1.807) is 36.4 Å². The van der Waals surface area contributed by atoms with Crippen LogP contribution in [0.4, 0.5) is 11.4 Å². The van der Waals surface area contributed by atoms with E-state index in [9.17, 15) is 9.59 Å². The fourth-order valence-corrected chi connectivity index (χ4v) is 3.25. The van der Waals surface area contributed by atoms with E-state index < -0.39 is 5.97 Å². The second-order valence-electron chi connectivity index (χ2n) is 6.66. The molecule has 0 unspecified atom stereocenters. The van der Waals surface area contributed by atoms with Crippen LogP contribution >= 0.6 is 0 Å². The molecule has 3 rings (SSSR count). The number of carbonyl (C=O) groups excluding carboxylic acids is 2. The molecule has 1 aliphatic heterocycles. The van der Waals surface area contributed by atoms with Crippen LogP contribution in [-0.2, 0) is 9.53 Å². The zero-order valence-corrected chi connectivity index (χ0v) is 16.8. The normalized spacial score (nSPS) is 13.1. The van der Waals surface area contributed by atoms with Crippen molar-refractivity contribution in [3.05, 3.63) is 48.0 Å². The Labute approximate surface area is 170 Å². The predicted molar refractivity (Wildman–Crippen MR) is 111 cm³/mol. The second kappa shape index (κ2) is 9.82. The van der Waals surface area contributed by atoms with Crippen molar-refractivity contribution in [1.29, 1.82) is 0 Å². The molecule has 0 atom stereocenters. The largest absolute Gasteiger partial charge is 0.494 e. The quantitative estimate of drug-likeness (QED) is 0.686. The van der Waals surface area contributed by atoms with Crippen LogP contribution in [0.2, 0.25) is 0 Å². The Kier molecular flexibility index (Phi) is 6.94. The van der Waals surface area contributed by atoms with Gasteiger partial charge in [0.25, 0.3) is 5.91 Å². The Morgan fingerprint density at radius 2 is 1.66 bits per heavy atom. The van der Waals surface area contributed by atoms with Crippen LogP contribution in [0.25, 0.3) is 0 Å². The van der Waals surface area contributed by atoms with Gasteiger partial charge in [0, 0.05) is 13.1 Å². The second-order valence-corrected chi connectivity index (χ2v) is 6.66. The first kappa shape index (κ1) is 20.5. The summed E-state index contributed by atoms with van der Waals surface area (Å²) in [7, 11) is 1.33. The Morgan fingerprint density at radius 3 is 2.28 bits per heavy atom. The minimum atomic E-state index is -0.445. The van der Waals surface area contributed by atoms with Gasteiger partial charge < -0.3 is 24.4 Å². The van der Waals surface area contributed by atoms with E-state index in [1.807, 2.05) is 13.0 Å². The smallest absolute Gasteiger partial charge is 0.337 e.